The molecule has 0 atom stereocenters. The smallest absolute Gasteiger partial charge is 0.127 e. The molecule has 3 heteroatoms. The summed E-state index contributed by atoms with van der Waals surface area (Å²) in [7, 11) is 0. The third kappa shape index (κ3) is 15.4. The third-order valence-electron chi connectivity index (χ3n) is 7.45. The molecular weight excluding hydrogens is 466 g/mol. The second kappa shape index (κ2) is 22.9. The Hall–Kier alpha value is -2.03. The van der Waals surface area contributed by atoms with Crippen LogP contribution in [0.1, 0.15) is 142 Å². The summed E-state index contributed by atoms with van der Waals surface area (Å²) in [6, 6.07) is 10.3. The SMILES string of the molecule is CCCCCCCCCCCCOc1ccc(OCCCCCCCCCCCC)c(-c2cccnc2)c1. The lowest BCUT2D eigenvalue weighted by molar-refractivity contribution is 0.297. The van der Waals surface area contributed by atoms with Crippen molar-refractivity contribution in [3.63, 3.8) is 0 Å². The Morgan fingerprint density at radius 2 is 1.05 bits per heavy atom. The highest BCUT2D eigenvalue weighted by Gasteiger charge is 2.09. The zero-order valence-electron chi connectivity index (χ0n) is 24.9. The van der Waals surface area contributed by atoms with Crippen molar-refractivity contribution in [2.45, 2.75) is 142 Å². The van der Waals surface area contributed by atoms with Gasteiger partial charge < -0.3 is 9.47 Å². The van der Waals surface area contributed by atoms with Gasteiger partial charge >= 0.3 is 0 Å². The van der Waals surface area contributed by atoms with Gasteiger partial charge in [0, 0.05) is 23.5 Å². The molecule has 0 radical (unpaired) electrons. The largest absolute Gasteiger partial charge is 0.494 e. The first kappa shape index (κ1) is 32.2. The average Bonchev–Trinajstić information content (AvgIpc) is 2.95. The summed E-state index contributed by atoms with van der Waals surface area (Å²) in [5.41, 5.74) is 2.15. The van der Waals surface area contributed by atoms with E-state index < -0.39 is 0 Å². The van der Waals surface area contributed by atoms with Crippen molar-refractivity contribution in [3.05, 3.63) is 42.7 Å². The van der Waals surface area contributed by atoms with Crippen molar-refractivity contribution in [2.24, 2.45) is 0 Å². The molecule has 38 heavy (non-hydrogen) atoms. The van der Waals surface area contributed by atoms with Crippen LogP contribution in [-0.4, -0.2) is 18.2 Å². The number of hydrogen-bond donors (Lipinski definition) is 0. The van der Waals surface area contributed by atoms with E-state index in [1.807, 2.05) is 18.5 Å². The van der Waals surface area contributed by atoms with Crippen molar-refractivity contribution in [1.82, 2.24) is 4.98 Å². The van der Waals surface area contributed by atoms with Crippen LogP contribution in [0.4, 0.5) is 0 Å². The molecule has 0 bridgehead atoms. The highest BCUT2D eigenvalue weighted by molar-refractivity contribution is 5.71. The molecule has 1 aromatic carbocycles. The Morgan fingerprint density at radius 1 is 0.553 bits per heavy atom. The highest BCUT2D eigenvalue weighted by Crippen LogP contribution is 2.33. The fourth-order valence-electron chi connectivity index (χ4n) is 5.02. The summed E-state index contributed by atoms with van der Waals surface area (Å²) in [6.07, 6.45) is 30.5. The van der Waals surface area contributed by atoms with E-state index in [0.29, 0.717) is 0 Å². The quantitative estimate of drug-likeness (QED) is 0.121. The van der Waals surface area contributed by atoms with Crippen molar-refractivity contribution in [1.29, 1.82) is 0 Å². The second-order valence-electron chi connectivity index (χ2n) is 11.0. The van der Waals surface area contributed by atoms with E-state index in [1.165, 1.54) is 116 Å². The van der Waals surface area contributed by atoms with E-state index in [0.717, 1.165) is 48.7 Å². The summed E-state index contributed by atoms with van der Waals surface area (Å²) < 4.78 is 12.4. The van der Waals surface area contributed by atoms with Crippen LogP contribution in [0.5, 0.6) is 11.5 Å². The van der Waals surface area contributed by atoms with Crippen LogP contribution in [-0.2, 0) is 0 Å². The predicted molar refractivity (Wildman–Crippen MR) is 164 cm³/mol. The molecular formula is C35H57NO2. The second-order valence-corrected chi connectivity index (χ2v) is 11.0. The van der Waals surface area contributed by atoms with Crippen molar-refractivity contribution >= 4 is 0 Å². The van der Waals surface area contributed by atoms with E-state index >= 15 is 0 Å². The van der Waals surface area contributed by atoms with Gasteiger partial charge in [0.25, 0.3) is 0 Å². The minimum atomic E-state index is 0.766. The summed E-state index contributed by atoms with van der Waals surface area (Å²) in [5, 5.41) is 0. The van der Waals surface area contributed by atoms with Gasteiger partial charge in [-0.25, -0.2) is 0 Å². The topological polar surface area (TPSA) is 31.4 Å². The lowest BCUT2D eigenvalue weighted by Crippen LogP contribution is -2.01. The molecule has 0 aliphatic rings. The first-order valence-corrected chi connectivity index (χ1v) is 16.1. The molecule has 0 saturated heterocycles. The van der Waals surface area contributed by atoms with Crippen LogP contribution in [0.3, 0.4) is 0 Å². The first-order chi connectivity index (χ1) is 18.8. The lowest BCUT2D eigenvalue weighted by Gasteiger charge is -2.14. The normalized spacial score (nSPS) is 11.1. The standard InChI is InChI=1S/C35H57NO2/c1-3-5-7-9-11-13-15-17-19-21-28-37-33-25-26-35(34(30-33)32-24-23-27-36-31-32)38-29-22-20-18-16-14-12-10-8-6-4-2/h23-27,30-31H,3-22,28-29H2,1-2H3. The Balaban J connectivity index is 1.67. The minimum absolute atomic E-state index is 0.766. The maximum absolute atomic E-state index is 6.25. The number of aromatic nitrogens is 1. The monoisotopic (exact) mass is 523 g/mol. The van der Waals surface area contributed by atoms with E-state index in [9.17, 15) is 0 Å². The summed E-state index contributed by atoms with van der Waals surface area (Å²) in [6.45, 7) is 6.11. The molecule has 0 aliphatic heterocycles. The molecule has 2 aromatic rings. The first-order valence-electron chi connectivity index (χ1n) is 16.1. The molecule has 0 aliphatic carbocycles. The number of pyridine rings is 1. The zero-order chi connectivity index (χ0) is 26.9. The van der Waals surface area contributed by atoms with E-state index in [1.54, 1.807) is 0 Å². The number of unbranched alkanes of at least 4 members (excludes halogenated alkanes) is 18. The fourth-order valence-corrected chi connectivity index (χ4v) is 5.02. The minimum Gasteiger partial charge on any atom is -0.494 e. The Labute approximate surface area is 235 Å². The van der Waals surface area contributed by atoms with E-state index in [4.69, 9.17) is 9.47 Å². The molecule has 0 N–H and O–H groups in total. The van der Waals surface area contributed by atoms with Gasteiger partial charge in [-0.15, -0.1) is 0 Å². The summed E-state index contributed by atoms with van der Waals surface area (Å²) >= 11 is 0. The van der Waals surface area contributed by atoms with Crippen LogP contribution in [0.2, 0.25) is 0 Å². The molecule has 3 nitrogen and oxygen atoms in total. The lowest BCUT2D eigenvalue weighted by atomic mass is 10.1. The number of nitrogens with zero attached hydrogens (tertiary/aromatic N) is 1. The molecule has 0 spiro atoms. The van der Waals surface area contributed by atoms with Crippen molar-refractivity contribution in [3.8, 4) is 22.6 Å². The number of benzene rings is 1. The van der Waals surface area contributed by atoms with Gasteiger partial charge in [-0.2, -0.15) is 0 Å². The highest BCUT2D eigenvalue weighted by atomic mass is 16.5. The van der Waals surface area contributed by atoms with Gasteiger partial charge in [0.05, 0.1) is 13.2 Å². The Kier molecular flexibility index (Phi) is 19.4. The van der Waals surface area contributed by atoms with Crippen LogP contribution >= 0.6 is 0 Å². The van der Waals surface area contributed by atoms with E-state index in [2.05, 4.69) is 43.1 Å². The molecule has 0 saturated carbocycles. The number of hydrogen-bond acceptors (Lipinski definition) is 3. The van der Waals surface area contributed by atoms with Crippen molar-refractivity contribution in [2.75, 3.05) is 13.2 Å². The van der Waals surface area contributed by atoms with Gasteiger partial charge in [-0.3, -0.25) is 4.98 Å². The molecule has 0 amide bonds. The molecule has 2 rings (SSSR count). The Bertz CT molecular complexity index is 792. The average molecular weight is 524 g/mol. The fraction of sp³-hybridized carbons (Fsp3) is 0.686. The maximum atomic E-state index is 6.25. The zero-order valence-corrected chi connectivity index (χ0v) is 24.9. The number of ether oxygens (including phenoxy) is 2. The van der Waals surface area contributed by atoms with E-state index in [-0.39, 0.29) is 0 Å². The van der Waals surface area contributed by atoms with Gasteiger partial charge in [0.1, 0.15) is 11.5 Å². The van der Waals surface area contributed by atoms with Crippen LogP contribution < -0.4 is 9.47 Å². The predicted octanol–water partition coefficient (Wildman–Crippen LogP) is 11.3. The molecule has 0 fully saturated rings. The molecule has 0 unspecified atom stereocenters. The summed E-state index contributed by atoms with van der Waals surface area (Å²) in [5.74, 6) is 1.85. The third-order valence-corrected chi connectivity index (χ3v) is 7.45. The van der Waals surface area contributed by atoms with Crippen LogP contribution in [0.25, 0.3) is 11.1 Å². The van der Waals surface area contributed by atoms with Gasteiger partial charge in [-0.05, 0) is 37.1 Å². The van der Waals surface area contributed by atoms with Gasteiger partial charge in [-0.1, -0.05) is 135 Å². The summed E-state index contributed by atoms with van der Waals surface area (Å²) in [4.78, 5) is 4.33. The maximum Gasteiger partial charge on any atom is 0.127 e. The van der Waals surface area contributed by atoms with Gasteiger partial charge in [0.2, 0.25) is 0 Å². The number of rotatable bonds is 25. The molecule has 214 valence electrons. The van der Waals surface area contributed by atoms with Crippen LogP contribution in [0.15, 0.2) is 42.7 Å². The molecule has 1 heterocycles. The van der Waals surface area contributed by atoms with Crippen molar-refractivity contribution < 1.29 is 9.47 Å². The van der Waals surface area contributed by atoms with Crippen LogP contribution in [0, 0.1) is 0 Å². The van der Waals surface area contributed by atoms with Gasteiger partial charge in [0.15, 0.2) is 0 Å². The Morgan fingerprint density at radius 3 is 1.55 bits per heavy atom. The molecule has 1 aromatic heterocycles.